The van der Waals surface area contributed by atoms with Crippen molar-refractivity contribution >= 4 is 0 Å². The van der Waals surface area contributed by atoms with Crippen LogP contribution in [0.4, 0.5) is 0 Å². The highest BCUT2D eigenvalue weighted by atomic mass is 16.5. The van der Waals surface area contributed by atoms with E-state index in [0.29, 0.717) is 0 Å². The number of nitrogens with one attached hydrogen (secondary N) is 1. The molecule has 1 aromatic carbocycles. The highest BCUT2D eigenvalue weighted by Gasteiger charge is 2.21. The quantitative estimate of drug-likeness (QED) is 0.781. The summed E-state index contributed by atoms with van der Waals surface area (Å²) in [7, 11) is 1.98. The van der Waals surface area contributed by atoms with Crippen molar-refractivity contribution in [3.63, 3.8) is 0 Å². The minimum absolute atomic E-state index is 0.216. The number of rotatable bonds is 8. The number of ether oxygens (including phenoxy) is 2. The zero-order valence-electron chi connectivity index (χ0n) is 12.2. The standard InChI is InChI=1S/C16H25NO2/c1-12(2)19-15-8-6-14(7-9-15)16(17-3)11-18-10-13-4-5-13/h6-9,12-13,16-17H,4-5,10-11H2,1-3H3. The SMILES string of the molecule is CNC(COCC1CC1)c1ccc(OC(C)C)cc1. The molecule has 0 aliphatic heterocycles. The molecule has 0 saturated heterocycles. The lowest BCUT2D eigenvalue weighted by atomic mass is 10.1. The van der Waals surface area contributed by atoms with Gasteiger partial charge < -0.3 is 14.8 Å². The summed E-state index contributed by atoms with van der Waals surface area (Å²) >= 11 is 0. The van der Waals surface area contributed by atoms with E-state index in [1.165, 1.54) is 18.4 Å². The molecular weight excluding hydrogens is 238 g/mol. The maximum atomic E-state index is 5.77. The molecule has 1 aromatic rings. The minimum Gasteiger partial charge on any atom is -0.491 e. The van der Waals surface area contributed by atoms with E-state index in [1.807, 2.05) is 33.0 Å². The number of hydrogen-bond acceptors (Lipinski definition) is 3. The first-order valence-electron chi connectivity index (χ1n) is 7.20. The van der Waals surface area contributed by atoms with Crippen LogP contribution in [0.5, 0.6) is 5.75 Å². The van der Waals surface area contributed by atoms with E-state index in [1.54, 1.807) is 0 Å². The third-order valence-electron chi connectivity index (χ3n) is 3.34. The zero-order chi connectivity index (χ0) is 13.7. The molecule has 1 N–H and O–H groups in total. The van der Waals surface area contributed by atoms with E-state index in [0.717, 1.165) is 24.9 Å². The molecule has 1 atom stereocenters. The van der Waals surface area contributed by atoms with Gasteiger partial charge in [-0.1, -0.05) is 12.1 Å². The van der Waals surface area contributed by atoms with Crippen LogP contribution in [0.1, 0.15) is 38.3 Å². The predicted molar refractivity (Wildman–Crippen MR) is 77.5 cm³/mol. The molecule has 106 valence electrons. The van der Waals surface area contributed by atoms with Crippen LogP contribution >= 0.6 is 0 Å². The average Bonchev–Trinajstić information content (AvgIpc) is 3.19. The number of likely N-dealkylation sites (N-methyl/N-ethyl adjacent to an activating group) is 1. The lowest BCUT2D eigenvalue weighted by molar-refractivity contribution is 0.105. The Morgan fingerprint density at radius 1 is 1.21 bits per heavy atom. The normalized spacial score (nSPS) is 16.6. The fraction of sp³-hybridized carbons (Fsp3) is 0.625. The van der Waals surface area contributed by atoms with Crippen molar-refractivity contribution in [2.75, 3.05) is 20.3 Å². The smallest absolute Gasteiger partial charge is 0.119 e. The van der Waals surface area contributed by atoms with Crippen LogP contribution in [0.2, 0.25) is 0 Å². The molecule has 1 fully saturated rings. The fourth-order valence-corrected chi connectivity index (χ4v) is 2.03. The molecule has 19 heavy (non-hydrogen) atoms. The van der Waals surface area contributed by atoms with Gasteiger partial charge in [0.1, 0.15) is 5.75 Å². The molecular formula is C16H25NO2. The van der Waals surface area contributed by atoms with Gasteiger partial charge in [0.25, 0.3) is 0 Å². The summed E-state index contributed by atoms with van der Waals surface area (Å²) in [6.45, 7) is 5.72. The first kappa shape index (κ1) is 14.4. The van der Waals surface area contributed by atoms with Crippen molar-refractivity contribution in [1.82, 2.24) is 5.32 Å². The molecule has 0 bridgehead atoms. The van der Waals surface area contributed by atoms with Gasteiger partial charge in [0.15, 0.2) is 0 Å². The second-order valence-electron chi connectivity index (χ2n) is 5.56. The Labute approximate surface area is 116 Å². The second-order valence-corrected chi connectivity index (χ2v) is 5.56. The summed E-state index contributed by atoms with van der Waals surface area (Å²) in [5.74, 6) is 1.74. The highest BCUT2D eigenvalue weighted by Crippen LogP contribution is 2.29. The van der Waals surface area contributed by atoms with Gasteiger partial charge in [-0.2, -0.15) is 0 Å². The molecule has 0 amide bonds. The Morgan fingerprint density at radius 3 is 2.42 bits per heavy atom. The molecule has 1 saturated carbocycles. The van der Waals surface area contributed by atoms with Crippen molar-refractivity contribution < 1.29 is 9.47 Å². The summed E-state index contributed by atoms with van der Waals surface area (Å²) in [4.78, 5) is 0. The Kier molecular flexibility index (Phi) is 5.23. The van der Waals surface area contributed by atoms with E-state index in [2.05, 4.69) is 17.4 Å². The highest BCUT2D eigenvalue weighted by molar-refractivity contribution is 5.29. The monoisotopic (exact) mass is 263 g/mol. The molecule has 0 radical (unpaired) electrons. The molecule has 0 spiro atoms. The summed E-state index contributed by atoms with van der Waals surface area (Å²) < 4.78 is 11.4. The van der Waals surface area contributed by atoms with Crippen LogP contribution in [-0.4, -0.2) is 26.4 Å². The third-order valence-corrected chi connectivity index (χ3v) is 3.34. The maximum absolute atomic E-state index is 5.77. The van der Waals surface area contributed by atoms with E-state index < -0.39 is 0 Å². The van der Waals surface area contributed by atoms with Gasteiger partial charge in [0.2, 0.25) is 0 Å². The molecule has 0 heterocycles. The summed E-state index contributed by atoms with van der Waals surface area (Å²) in [5, 5.41) is 3.31. The largest absolute Gasteiger partial charge is 0.491 e. The van der Waals surface area contributed by atoms with Crippen LogP contribution in [0.15, 0.2) is 24.3 Å². The van der Waals surface area contributed by atoms with Gasteiger partial charge in [0.05, 0.1) is 18.8 Å². The summed E-state index contributed by atoms with van der Waals surface area (Å²) in [6, 6.07) is 8.53. The van der Waals surface area contributed by atoms with Crippen molar-refractivity contribution in [2.45, 2.75) is 38.8 Å². The van der Waals surface area contributed by atoms with Crippen LogP contribution < -0.4 is 10.1 Å². The topological polar surface area (TPSA) is 30.5 Å². The number of benzene rings is 1. The minimum atomic E-state index is 0.216. The average molecular weight is 263 g/mol. The van der Waals surface area contributed by atoms with Gasteiger partial charge in [-0.3, -0.25) is 0 Å². The predicted octanol–water partition coefficient (Wildman–Crippen LogP) is 3.16. The first-order chi connectivity index (χ1) is 9.19. The molecule has 0 aromatic heterocycles. The maximum Gasteiger partial charge on any atom is 0.119 e. The van der Waals surface area contributed by atoms with Gasteiger partial charge in [-0.15, -0.1) is 0 Å². The van der Waals surface area contributed by atoms with Crippen LogP contribution in [0.3, 0.4) is 0 Å². The van der Waals surface area contributed by atoms with Crippen molar-refractivity contribution in [2.24, 2.45) is 5.92 Å². The van der Waals surface area contributed by atoms with E-state index in [-0.39, 0.29) is 12.1 Å². The molecule has 2 rings (SSSR count). The van der Waals surface area contributed by atoms with Crippen LogP contribution in [0, 0.1) is 5.92 Å². The first-order valence-corrected chi connectivity index (χ1v) is 7.20. The van der Waals surface area contributed by atoms with Crippen LogP contribution in [-0.2, 0) is 4.74 Å². The number of hydrogen-bond donors (Lipinski definition) is 1. The second kappa shape index (κ2) is 6.92. The van der Waals surface area contributed by atoms with Gasteiger partial charge in [-0.05, 0) is 57.4 Å². The van der Waals surface area contributed by atoms with Crippen molar-refractivity contribution in [3.8, 4) is 5.75 Å². The van der Waals surface area contributed by atoms with Crippen molar-refractivity contribution in [3.05, 3.63) is 29.8 Å². The fourth-order valence-electron chi connectivity index (χ4n) is 2.03. The van der Waals surface area contributed by atoms with Gasteiger partial charge in [-0.25, -0.2) is 0 Å². The van der Waals surface area contributed by atoms with Crippen LogP contribution in [0.25, 0.3) is 0 Å². The summed E-state index contributed by atoms with van der Waals surface area (Å²) in [6.07, 6.45) is 2.89. The Hall–Kier alpha value is -1.06. The lowest BCUT2D eigenvalue weighted by Gasteiger charge is -2.18. The Balaban J connectivity index is 1.85. The molecule has 3 nitrogen and oxygen atoms in total. The molecule has 1 unspecified atom stereocenters. The zero-order valence-corrected chi connectivity index (χ0v) is 12.2. The molecule has 1 aliphatic rings. The molecule has 3 heteroatoms. The van der Waals surface area contributed by atoms with Crippen molar-refractivity contribution in [1.29, 1.82) is 0 Å². The van der Waals surface area contributed by atoms with E-state index in [4.69, 9.17) is 9.47 Å². The third kappa shape index (κ3) is 4.84. The van der Waals surface area contributed by atoms with Gasteiger partial charge in [0, 0.05) is 6.61 Å². The van der Waals surface area contributed by atoms with Gasteiger partial charge >= 0.3 is 0 Å². The van der Waals surface area contributed by atoms with E-state index >= 15 is 0 Å². The van der Waals surface area contributed by atoms with E-state index in [9.17, 15) is 0 Å². The molecule has 1 aliphatic carbocycles. The Bertz CT molecular complexity index is 371. The lowest BCUT2D eigenvalue weighted by Crippen LogP contribution is -2.22. The summed E-state index contributed by atoms with van der Waals surface area (Å²) in [5.41, 5.74) is 1.24. The Morgan fingerprint density at radius 2 is 1.89 bits per heavy atom.